The Morgan fingerprint density at radius 3 is 2.22 bits per heavy atom. The van der Waals surface area contributed by atoms with Gasteiger partial charge in [0.1, 0.15) is 5.75 Å². The third kappa shape index (κ3) is 7.48. The maximum Gasteiger partial charge on any atom is 0.261 e. The highest BCUT2D eigenvalue weighted by atomic mass is 79.9. The van der Waals surface area contributed by atoms with E-state index in [1.165, 1.54) is 27.9 Å². The fraction of sp³-hybridized carbons (Fsp3) is 0.478. The van der Waals surface area contributed by atoms with Crippen molar-refractivity contribution in [2.24, 2.45) is 17.8 Å². The van der Waals surface area contributed by atoms with Crippen molar-refractivity contribution in [3.63, 3.8) is 0 Å². The largest absolute Gasteiger partial charge is 0.507 e. The lowest BCUT2D eigenvalue weighted by atomic mass is 9.69. The van der Waals surface area contributed by atoms with Crippen molar-refractivity contribution < 1.29 is 23.9 Å². The number of likely N-dealkylation sites (tertiary alicyclic amines) is 1. The Morgan fingerprint density at radius 1 is 0.926 bits per heavy atom. The van der Waals surface area contributed by atoms with Crippen LogP contribution >= 0.6 is 15.9 Å². The normalized spacial score (nSPS) is 23.9. The van der Waals surface area contributed by atoms with Gasteiger partial charge in [-0.05, 0) is 83.3 Å². The number of allylic oxidation sites excluding steroid dienone is 1. The summed E-state index contributed by atoms with van der Waals surface area (Å²) in [5, 5.41) is 12.9. The molecule has 2 heterocycles. The van der Waals surface area contributed by atoms with Crippen LogP contribution in [0.15, 0.2) is 100 Å². The highest BCUT2D eigenvalue weighted by molar-refractivity contribution is 9.10. The first kappa shape index (κ1) is 39.0. The number of benzene rings is 3. The molecule has 54 heavy (non-hydrogen) atoms. The monoisotopic (exact) mass is 809 g/mol. The van der Waals surface area contributed by atoms with E-state index in [-0.39, 0.29) is 52.5 Å². The quantitative estimate of drug-likeness (QED) is 0.112. The Morgan fingerprint density at radius 2 is 1.59 bits per heavy atom. The number of phenols is 1. The van der Waals surface area contributed by atoms with Crippen LogP contribution in [0.2, 0.25) is 5.04 Å². The van der Waals surface area contributed by atoms with E-state index >= 15 is 0 Å². The number of hydrogen-bond acceptors (Lipinski definition) is 5. The van der Waals surface area contributed by atoms with Crippen molar-refractivity contribution in [1.29, 1.82) is 0 Å². The van der Waals surface area contributed by atoms with Crippen LogP contribution in [0.5, 0.6) is 5.75 Å². The van der Waals surface area contributed by atoms with Gasteiger partial charge in [-0.3, -0.25) is 14.5 Å². The van der Waals surface area contributed by atoms with E-state index in [2.05, 4.69) is 110 Å². The average molecular weight is 811 g/mol. The minimum atomic E-state index is -2.88. The molecule has 1 saturated carbocycles. The summed E-state index contributed by atoms with van der Waals surface area (Å²) >= 11 is 3.56. The molecule has 6 nitrogen and oxygen atoms in total. The number of aromatic hydroxyl groups is 1. The Kier molecular flexibility index (Phi) is 11.9. The van der Waals surface area contributed by atoms with Crippen LogP contribution in [0, 0.1) is 17.8 Å². The summed E-state index contributed by atoms with van der Waals surface area (Å²) in [5.74, 6) is -0.579. The predicted molar refractivity (Wildman–Crippen MR) is 222 cm³/mol. The topological polar surface area (TPSA) is 76.1 Å². The second kappa shape index (κ2) is 16.4. The third-order valence-corrected chi connectivity index (χ3v) is 18.0. The maximum absolute atomic E-state index is 14.4. The van der Waals surface area contributed by atoms with Crippen molar-refractivity contribution in [2.75, 3.05) is 13.2 Å². The maximum atomic E-state index is 14.4. The van der Waals surface area contributed by atoms with Crippen molar-refractivity contribution in [3.05, 3.63) is 106 Å². The zero-order valence-corrected chi connectivity index (χ0v) is 34.9. The van der Waals surface area contributed by atoms with Crippen LogP contribution in [0.1, 0.15) is 97.5 Å². The molecule has 3 aromatic carbocycles. The predicted octanol–water partition coefficient (Wildman–Crippen LogP) is 9.34. The lowest BCUT2D eigenvalue weighted by Gasteiger charge is -2.44. The molecule has 0 unspecified atom stereocenters. The molecule has 2 saturated heterocycles. The number of halogens is 1. The van der Waals surface area contributed by atoms with E-state index in [0.29, 0.717) is 19.6 Å². The molecule has 0 bridgehead atoms. The van der Waals surface area contributed by atoms with Crippen LogP contribution in [0.25, 0.3) is 6.08 Å². The first-order valence-electron chi connectivity index (χ1n) is 20.2. The Bertz CT molecular complexity index is 1840. The number of rotatable bonds is 12. The van der Waals surface area contributed by atoms with Gasteiger partial charge < -0.3 is 14.3 Å². The molecule has 2 aliphatic carbocycles. The molecule has 286 valence electrons. The molecule has 1 N–H and O–H groups in total. The highest BCUT2D eigenvalue weighted by Gasteiger charge is 2.59. The first-order chi connectivity index (χ1) is 26.0. The molecule has 0 spiro atoms. The van der Waals surface area contributed by atoms with Crippen LogP contribution in [-0.2, 0) is 18.8 Å². The number of carbonyl (C=O) groups excluding carboxylic acids is 2. The van der Waals surface area contributed by atoms with Crippen molar-refractivity contribution >= 4 is 52.5 Å². The smallest absolute Gasteiger partial charge is 0.261 e. The molecule has 3 aromatic rings. The van der Waals surface area contributed by atoms with Crippen LogP contribution in [0.4, 0.5) is 0 Å². The number of ether oxygens (including phenoxy) is 1. The van der Waals surface area contributed by atoms with Crippen LogP contribution in [-0.4, -0.2) is 55.5 Å². The highest BCUT2D eigenvalue weighted by Crippen LogP contribution is 2.51. The van der Waals surface area contributed by atoms with E-state index < -0.39 is 8.32 Å². The van der Waals surface area contributed by atoms with E-state index in [4.69, 9.17) is 9.16 Å². The molecule has 2 aliphatic heterocycles. The lowest BCUT2D eigenvalue weighted by Crippen LogP contribution is -2.66. The van der Waals surface area contributed by atoms with Crippen molar-refractivity contribution in [1.82, 2.24) is 4.90 Å². The first-order valence-corrected chi connectivity index (χ1v) is 22.9. The van der Waals surface area contributed by atoms with Crippen molar-refractivity contribution in [2.45, 2.75) is 109 Å². The van der Waals surface area contributed by atoms with E-state index in [1.807, 2.05) is 12.1 Å². The van der Waals surface area contributed by atoms with Gasteiger partial charge in [-0.15, -0.1) is 0 Å². The number of nitrogens with zero attached hydrogens (tertiary/aromatic N) is 1. The summed E-state index contributed by atoms with van der Waals surface area (Å²) < 4.78 is 15.2. The van der Waals surface area contributed by atoms with Gasteiger partial charge in [-0.25, -0.2) is 0 Å². The second-order valence-corrected chi connectivity index (χ2v) is 22.1. The summed E-state index contributed by atoms with van der Waals surface area (Å²) in [6.45, 7) is 9.91. The van der Waals surface area contributed by atoms with Crippen LogP contribution < -0.4 is 10.4 Å². The molecule has 8 heteroatoms. The molecule has 4 atom stereocenters. The van der Waals surface area contributed by atoms with Gasteiger partial charge in [-0.2, -0.15) is 0 Å². The molecule has 4 aliphatic rings. The molecule has 0 radical (unpaired) electrons. The molecule has 7 rings (SSSR count). The number of carbonyl (C=O) groups is 2. The Balaban J connectivity index is 1.26. The van der Waals surface area contributed by atoms with Gasteiger partial charge in [0.15, 0.2) is 0 Å². The zero-order valence-electron chi connectivity index (χ0n) is 32.4. The van der Waals surface area contributed by atoms with Gasteiger partial charge >= 0.3 is 0 Å². The Hall–Kier alpha value is -3.30. The minimum absolute atomic E-state index is 0.0129. The number of hydrogen-bond donors (Lipinski definition) is 1. The Labute approximate surface area is 331 Å². The number of phenolic OH excluding ortho intramolecular Hbond substituents is 1. The van der Waals surface area contributed by atoms with E-state index in [1.54, 1.807) is 11.0 Å². The molecular formula is C46H56BrNO5Si. The van der Waals surface area contributed by atoms with Crippen molar-refractivity contribution in [3.8, 4) is 5.75 Å². The van der Waals surface area contributed by atoms with Gasteiger partial charge in [0.25, 0.3) is 8.32 Å². The van der Waals surface area contributed by atoms with Gasteiger partial charge in [0.2, 0.25) is 11.8 Å². The summed E-state index contributed by atoms with van der Waals surface area (Å²) in [6.07, 6.45) is 11.1. The summed E-state index contributed by atoms with van der Waals surface area (Å²) in [4.78, 5) is 30.5. The third-order valence-electron chi connectivity index (χ3n) is 12.5. The minimum Gasteiger partial charge on any atom is -0.507 e. The standard InChI is InChI=1S/C46H56BrNO5Si/c1-5-15-31(26-32-27-34(47)23-24-40(32)49)22-25-41-42-33(28-38-43(39(42)30-52-41)45(51)48(44(38)50)35-16-9-6-10-17-35)29-53-54(46(2,3)4,36-18-11-7-12-19-36)37-20-13-8-14-21-37/h7-8,11-14,18-21,23-24,26-27,35,38-39,41,43,49H,5-6,9-10,15-17,22,25,28-30H2,1-4H3/b31-26+/t38-,39+,41-,43-/m1/s1. The molecule has 3 fully saturated rings. The molecule has 0 aromatic heterocycles. The SMILES string of the molecule is CCC/C(=C\c1cc(Br)ccc1O)CC[C@H]1OC[C@H]2C1=C(CO[Si](c1ccccc1)(c1ccccc1)C(C)(C)C)C[C@H]1C(=O)N(C3CCCCC3)C(=O)[C@H]12. The van der Waals surface area contributed by atoms with Crippen LogP contribution in [0.3, 0.4) is 0 Å². The fourth-order valence-electron chi connectivity index (χ4n) is 10.1. The zero-order chi connectivity index (χ0) is 38.0. The fourth-order valence-corrected chi connectivity index (χ4v) is 15.0. The average Bonchev–Trinajstić information content (AvgIpc) is 3.70. The van der Waals surface area contributed by atoms with Gasteiger partial charge in [-0.1, -0.05) is 142 Å². The number of imide groups is 1. The summed E-state index contributed by atoms with van der Waals surface area (Å²) in [6, 6.07) is 27.0. The second-order valence-electron chi connectivity index (χ2n) is 16.9. The number of amides is 2. The van der Waals surface area contributed by atoms with E-state index in [9.17, 15) is 14.7 Å². The lowest BCUT2D eigenvalue weighted by molar-refractivity contribution is -0.143. The molecule has 2 amide bonds. The molecular weight excluding hydrogens is 754 g/mol. The van der Waals surface area contributed by atoms with Gasteiger partial charge in [0, 0.05) is 22.0 Å². The summed E-state index contributed by atoms with van der Waals surface area (Å²) in [7, 11) is -2.88. The number of fused-ring (bicyclic) bond motifs is 3. The van der Waals surface area contributed by atoms with E-state index in [0.717, 1.165) is 67.0 Å². The van der Waals surface area contributed by atoms with Gasteiger partial charge in [0.05, 0.1) is 31.2 Å². The summed E-state index contributed by atoms with van der Waals surface area (Å²) in [5.41, 5.74) is 4.40.